The van der Waals surface area contributed by atoms with Gasteiger partial charge >= 0.3 is 0 Å². The van der Waals surface area contributed by atoms with E-state index in [1.807, 2.05) is 13.8 Å². The predicted molar refractivity (Wildman–Crippen MR) is 86.7 cm³/mol. The first-order valence-electron chi connectivity index (χ1n) is 8.17. The molecule has 0 aromatic heterocycles. The summed E-state index contributed by atoms with van der Waals surface area (Å²) in [5, 5.41) is 3.55. The minimum Gasteiger partial charge on any atom is -0.312 e. The second kappa shape index (κ2) is 7.26. The van der Waals surface area contributed by atoms with E-state index in [1.54, 1.807) is 0 Å². The van der Waals surface area contributed by atoms with Crippen LogP contribution in [0.5, 0.6) is 0 Å². The highest BCUT2D eigenvalue weighted by molar-refractivity contribution is 7.92. The van der Waals surface area contributed by atoms with Gasteiger partial charge in [-0.05, 0) is 51.5 Å². The van der Waals surface area contributed by atoms with Crippen molar-refractivity contribution in [2.45, 2.75) is 77.0 Å². The Hall–Kier alpha value is -0.0900. The van der Waals surface area contributed by atoms with Gasteiger partial charge in [-0.2, -0.15) is 0 Å². The van der Waals surface area contributed by atoms with Crippen LogP contribution < -0.4 is 5.32 Å². The first-order valence-corrected chi connectivity index (χ1v) is 10.1. The van der Waals surface area contributed by atoms with Crippen LogP contribution in [0, 0.1) is 11.8 Å². The maximum Gasteiger partial charge on any atom is 0.154 e. The third-order valence-electron chi connectivity index (χ3n) is 5.19. The van der Waals surface area contributed by atoms with Gasteiger partial charge in [-0.1, -0.05) is 33.1 Å². The highest BCUT2D eigenvalue weighted by Crippen LogP contribution is 2.37. The molecule has 0 aromatic carbocycles. The van der Waals surface area contributed by atoms with E-state index < -0.39 is 14.6 Å². The molecule has 120 valence electrons. The molecule has 0 heterocycles. The molecule has 0 aliphatic heterocycles. The van der Waals surface area contributed by atoms with Crippen molar-refractivity contribution in [1.29, 1.82) is 0 Å². The van der Waals surface area contributed by atoms with Gasteiger partial charge in [-0.15, -0.1) is 0 Å². The molecule has 3 nitrogen and oxygen atoms in total. The number of hydrogen-bond acceptors (Lipinski definition) is 3. The molecule has 0 spiro atoms. The van der Waals surface area contributed by atoms with Gasteiger partial charge in [-0.25, -0.2) is 8.42 Å². The summed E-state index contributed by atoms with van der Waals surface area (Å²) in [7, 11) is -3.07. The number of rotatable bonds is 7. The van der Waals surface area contributed by atoms with Crippen LogP contribution in [0.25, 0.3) is 0 Å². The Balaban J connectivity index is 2.94. The van der Waals surface area contributed by atoms with Crippen LogP contribution in [-0.2, 0) is 9.84 Å². The van der Waals surface area contributed by atoms with Crippen LogP contribution >= 0.6 is 0 Å². The van der Waals surface area contributed by atoms with Gasteiger partial charge in [-0.3, -0.25) is 0 Å². The maximum absolute atomic E-state index is 12.2. The predicted octanol–water partition coefficient (Wildman–Crippen LogP) is 3.39. The molecule has 3 unspecified atom stereocenters. The van der Waals surface area contributed by atoms with E-state index in [2.05, 4.69) is 19.2 Å². The molecule has 1 rings (SSSR count). The zero-order chi connectivity index (χ0) is 15.4. The van der Waals surface area contributed by atoms with Gasteiger partial charge in [0.05, 0.1) is 4.75 Å². The van der Waals surface area contributed by atoms with Crippen molar-refractivity contribution in [3.8, 4) is 0 Å². The van der Waals surface area contributed by atoms with E-state index >= 15 is 0 Å². The average molecular weight is 304 g/mol. The molecule has 0 radical (unpaired) electrons. The third-order valence-corrected chi connectivity index (χ3v) is 7.36. The smallest absolute Gasteiger partial charge is 0.154 e. The Bertz CT molecular complexity index is 389. The molecule has 0 bridgehead atoms. The largest absolute Gasteiger partial charge is 0.312 e. The van der Waals surface area contributed by atoms with Gasteiger partial charge in [0.25, 0.3) is 0 Å². The normalized spacial score (nSPS) is 26.4. The molecule has 1 aliphatic carbocycles. The fraction of sp³-hybridized carbons (Fsp3) is 1.00. The monoisotopic (exact) mass is 303 g/mol. The summed E-state index contributed by atoms with van der Waals surface area (Å²) in [6.45, 7) is 9.07. The first-order chi connectivity index (χ1) is 9.24. The van der Waals surface area contributed by atoms with Gasteiger partial charge in [0, 0.05) is 12.3 Å². The summed E-state index contributed by atoms with van der Waals surface area (Å²) < 4.78 is 23.7. The number of nitrogens with one attached hydrogen (secondary N) is 1. The summed E-state index contributed by atoms with van der Waals surface area (Å²) in [6.07, 6.45) is 8.54. The van der Waals surface area contributed by atoms with Gasteiger partial charge in [0.2, 0.25) is 0 Å². The van der Waals surface area contributed by atoms with Crippen LogP contribution in [0.3, 0.4) is 0 Å². The van der Waals surface area contributed by atoms with Crippen LogP contribution in [0.1, 0.15) is 66.2 Å². The second-order valence-corrected chi connectivity index (χ2v) is 9.60. The van der Waals surface area contributed by atoms with E-state index in [4.69, 9.17) is 0 Å². The third kappa shape index (κ3) is 4.20. The van der Waals surface area contributed by atoms with E-state index in [0.717, 1.165) is 25.3 Å². The van der Waals surface area contributed by atoms with Crippen LogP contribution in [0.4, 0.5) is 0 Å². The molecule has 1 N–H and O–H groups in total. The lowest BCUT2D eigenvalue weighted by molar-refractivity contribution is 0.186. The van der Waals surface area contributed by atoms with Crippen molar-refractivity contribution in [2.24, 2.45) is 11.8 Å². The Morgan fingerprint density at radius 1 is 1.25 bits per heavy atom. The molecule has 20 heavy (non-hydrogen) atoms. The molecule has 0 aromatic rings. The fourth-order valence-electron chi connectivity index (χ4n) is 3.52. The Morgan fingerprint density at radius 3 is 2.40 bits per heavy atom. The second-order valence-electron chi connectivity index (χ2n) is 7.01. The Kier molecular flexibility index (Phi) is 6.52. The van der Waals surface area contributed by atoms with E-state index in [-0.39, 0.29) is 6.04 Å². The molecular formula is C16H33NO2S. The van der Waals surface area contributed by atoms with Crippen LogP contribution in [-0.4, -0.2) is 32.0 Å². The SMILES string of the molecule is CCCNC(C1CCCC(CC)C1)C(C)(C)S(C)(=O)=O. The molecule has 1 aliphatic rings. The van der Waals surface area contributed by atoms with E-state index in [0.29, 0.717) is 5.92 Å². The first kappa shape index (κ1) is 18.0. The molecule has 3 atom stereocenters. The summed E-state index contributed by atoms with van der Waals surface area (Å²) in [5.74, 6) is 1.26. The van der Waals surface area contributed by atoms with Crippen molar-refractivity contribution >= 4 is 9.84 Å². The van der Waals surface area contributed by atoms with E-state index in [1.165, 1.54) is 31.9 Å². The van der Waals surface area contributed by atoms with Crippen molar-refractivity contribution in [3.63, 3.8) is 0 Å². The van der Waals surface area contributed by atoms with Crippen LogP contribution in [0.2, 0.25) is 0 Å². The minimum absolute atomic E-state index is 0.0757. The summed E-state index contributed by atoms with van der Waals surface area (Å²) >= 11 is 0. The number of hydrogen-bond donors (Lipinski definition) is 1. The minimum atomic E-state index is -3.07. The molecule has 1 fully saturated rings. The Morgan fingerprint density at radius 2 is 1.90 bits per heavy atom. The van der Waals surface area contributed by atoms with Gasteiger partial charge in [0.15, 0.2) is 9.84 Å². The summed E-state index contributed by atoms with van der Waals surface area (Å²) in [4.78, 5) is 0. The zero-order valence-corrected chi connectivity index (χ0v) is 14.7. The summed E-state index contributed by atoms with van der Waals surface area (Å²) in [5.41, 5.74) is 0. The highest BCUT2D eigenvalue weighted by atomic mass is 32.2. The molecule has 4 heteroatoms. The quantitative estimate of drug-likeness (QED) is 0.784. The number of sulfone groups is 1. The lowest BCUT2D eigenvalue weighted by Crippen LogP contribution is -2.56. The van der Waals surface area contributed by atoms with E-state index in [9.17, 15) is 8.42 Å². The topological polar surface area (TPSA) is 46.2 Å². The summed E-state index contributed by atoms with van der Waals surface area (Å²) in [6, 6.07) is 0.0757. The maximum atomic E-state index is 12.2. The Labute approximate surface area is 125 Å². The van der Waals surface area contributed by atoms with Crippen molar-refractivity contribution in [1.82, 2.24) is 5.32 Å². The van der Waals surface area contributed by atoms with Crippen LogP contribution in [0.15, 0.2) is 0 Å². The molecular weight excluding hydrogens is 270 g/mol. The zero-order valence-electron chi connectivity index (χ0n) is 13.9. The van der Waals surface area contributed by atoms with Crippen molar-refractivity contribution in [2.75, 3.05) is 12.8 Å². The van der Waals surface area contributed by atoms with Crippen molar-refractivity contribution < 1.29 is 8.42 Å². The van der Waals surface area contributed by atoms with Gasteiger partial charge < -0.3 is 5.32 Å². The fourth-order valence-corrected chi connectivity index (χ4v) is 4.25. The molecule has 0 amide bonds. The lowest BCUT2D eigenvalue weighted by atomic mass is 9.74. The molecule has 1 saturated carbocycles. The van der Waals surface area contributed by atoms with Crippen molar-refractivity contribution in [3.05, 3.63) is 0 Å². The highest BCUT2D eigenvalue weighted by Gasteiger charge is 2.43. The molecule has 0 saturated heterocycles. The van der Waals surface area contributed by atoms with Gasteiger partial charge in [0.1, 0.15) is 0 Å². The lowest BCUT2D eigenvalue weighted by Gasteiger charge is -2.42. The average Bonchev–Trinajstić information content (AvgIpc) is 2.38. The standard InChI is InChI=1S/C16H33NO2S/c1-6-11-17-15(16(3,4)20(5,18)19)14-10-8-9-13(7-2)12-14/h13-15,17H,6-12H2,1-5H3.